The third kappa shape index (κ3) is 1.90. The average Bonchev–Trinajstić information content (AvgIpc) is 1.88. The summed E-state index contributed by atoms with van der Waals surface area (Å²) in [5.41, 5.74) is 0.931. The van der Waals surface area contributed by atoms with E-state index in [1.165, 1.54) is 13.3 Å². The summed E-state index contributed by atoms with van der Waals surface area (Å²) >= 11 is 0. The highest BCUT2D eigenvalue weighted by Crippen LogP contribution is 1.92. The Bertz CT molecular complexity index is 224. The summed E-state index contributed by atoms with van der Waals surface area (Å²) in [6.07, 6.45) is 1.53. The predicted molar refractivity (Wildman–Crippen MR) is 41.2 cm³/mol. The van der Waals surface area contributed by atoms with Gasteiger partial charge in [-0.2, -0.15) is 0 Å². The molecule has 0 unspecified atom stereocenters. The van der Waals surface area contributed by atoms with Crippen LogP contribution in [-0.2, 0) is 0 Å². The molecule has 0 spiro atoms. The Hall–Kier alpha value is -1.31. The van der Waals surface area contributed by atoms with Crippen LogP contribution in [0.1, 0.15) is 5.56 Å². The molecule has 1 aromatic rings. The summed E-state index contributed by atoms with van der Waals surface area (Å²) in [5, 5.41) is 10.5. The first-order valence-corrected chi connectivity index (χ1v) is 3.09. The summed E-state index contributed by atoms with van der Waals surface area (Å²) in [4.78, 5) is 0. The smallest absolute Gasteiger partial charge is 0.181 e. The van der Waals surface area contributed by atoms with Gasteiger partial charge in [-0.15, -0.1) is 0 Å². The minimum absolute atomic E-state index is 0.787. The van der Waals surface area contributed by atoms with Gasteiger partial charge in [0.15, 0.2) is 6.21 Å². The van der Waals surface area contributed by atoms with Gasteiger partial charge in [0.05, 0.1) is 0 Å². The van der Waals surface area contributed by atoms with E-state index in [4.69, 9.17) is 0 Å². The van der Waals surface area contributed by atoms with Crippen molar-refractivity contribution in [1.82, 2.24) is 0 Å². The number of rotatable bonds is 1. The summed E-state index contributed by atoms with van der Waals surface area (Å²) in [5.74, 6) is 0. The number of hydrogen-bond acceptors (Lipinski definition) is 1. The molecule has 0 atom stereocenters. The first-order valence-electron chi connectivity index (χ1n) is 3.09. The third-order valence-corrected chi connectivity index (χ3v) is 1.13. The minimum atomic E-state index is 0.787. The maximum atomic E-state index is 10.5. The van der Waals surface area contributed by atoms with Crippen molar-refractivity contribution in [3.8, 4) is 0 Å². The molecular weight excluding hydrogens is 126 g/mol. The summed E-state index contributed by atoms with van der Waals surface area (Å²) < 4.78 is 0.787. The lowest BCUT2D eigenvalue weighted by Gasteiger charge is -1.93. The van der Waals surface area contributed by atoms with E-state index < -0.39 is 0 Å². The second-order valence-corrected chi connectivity index (χ2v) is 2.09. The van der Waals surface area contributed by atoms with Crippen LogP contribution < -0.4 is 0 Å². The fraction of sp³-hybridized carbons (Fsp3) is 0.125. The van der Waals surface area contributed by atoms with E-state index in [1.54, 1.807) is 0 Å². The molecule has 2 heteroatoms. The van der Waals surface area contributed by atoms with E-state index >= 15 is 0 Å². The van der Waals surface area contributed by atoms with Crippen molar-refractivity contribution >= 4 is 6.21 Å². The lowest BCUT2D eigenvalue weighted by molar-refractivity contribution is -0.416. The van der Waals surface area contributed by atoms with E-state index in [0.717, 1.165) is 10.3 Å². The van der Waals surface area contributed by atoms with Crippen LogP contribution in [0.15, 0.2) is 30.3 Å². The topological polar surface area (TPSA) is 26.1 Å². The van der Waals surface area contributed by atoms with Gasteiger partial charge in [0.2, 0.25) is 0 Å². The summed E-state index contributed by atoms with van der Waals surface area (Å²) in [6, 6.07) is 9.48. The van der Waals surface area contributed by atoms with Crippen LogP contribution in [0.3, 0.4) is 0 Å². The SMILES string of the molecule is C[N+]([O-])=Cc1ccccc1. The number of hydroxylamine groups is 1. The standard InChI is InChI=1S/C8H9NO/c1-9(10)7-8-5-3-2-4-6-8/h2-7H,1H3. The van der Waals surface area contributed by atoms with Crippen LogP contribution in [0, 0.1) is 5.21 Å². The number of nitrogens with zero attached hydrogens (tertiary/aromatic N) is 1. The molecule has 0 saturated heterocycles. The van der Waals surface area contributed by atoms with Gasteiger partial charge in [-0.05, 0) is 12.1 Å². The highest BCUT2D eigenvalue weighted by atomic mass is 16.5. The minimum Gasteiger partial charge on any atom is -0.624 e. The molecule has 1 rings (SSSR count). The van der Waals surface area contributed by atoms with Crippen molar-refractivity contribution in [2.45, 2.75) is 0 Å². The summed E-state index contributed by atoms with van der Waals surface area (Å²) in [6.45, 7) is 0. The quantitative estimate of drug-likeness (QED) is 0.246. The van der Waals surface area contributed by atoms with Gasteiger partial charge < -0.3 is 5.21 Å². The van der Waals surface area contributed by atoms with Crippen molar-refractivity contribution in [3.63, 3.8) is 0 Å². The first kappa shape index (κ1) is 6.81. The molecule has 0 aliphatic rings. The molecule has 0 amide bonds. The second-order valence-electron chi connectivity index (χ2n) is 2.09. The maximum Gasteiger partial charge on any atom is 0.181 e. The first-order chi connectivity index (χ1) is 4.79. The molecule has 0 N–H and O–H groups in total. The summed E-state index contributed by atoms with van der Waals surface area (Å²) in [7, 11) is 1.47. The number of hydrogen-bond donors (Lipinski definition) is 0. The van der Waals surface area contributed by atoms with Crippen LogP contribution in [0.4, 0.5) is 0 Å². The molecule has 0 heterocycles. The largest absolute Gasteiger partial charge is 0.624 e. The van der Waals surface area contributed by atoms with E-state index in [9.17, 15) is 5.21 Å². The lowest BCUT2D eigenvalue weighted by Crippen LogP contribution is -1.96. The fourth-order valence-electron chi connectivity index (χ4n) is 0.749. The number of benzene rings is 1. The van der Waals surface area contributed by atoms with Gasteiger partial charge in [-0.1, -0.05) is 18.2 Å². The third-order valence-electron chi connectivity index (χ3n) is 1.13. The van der Waals surface area contributed by atoms with Gasteiger partial charge in [0.25, 0.3) is 0 Å². The van der Waals surface area contributed by atoms with Crippen LogP contribution in [0.2, 0.25) is 0 Å². The van der Waals surface area contributed by atoms with Crippen molar-refractivity contribution in [3.05, 3.63) is 41.1 Å². The Morgan fingerprint density at radius 3 is 2.40 bits per heavy atom. The Kier molecular flexibility index (Phi) is 2.05. The van der Waals surface area contributed by atoms with Gasteiger partial charge in [-0.3, -0.25) is 0 Å². The molecule has 0 aliphatic heterocycles. The lowest BCUT2D eigenvalue weighted by atomic mass is 10.2. The maximum absolute atomic E-state index is 10.5. The van der Waals surface area contributed by atoms with Gasteiger partial charge in [0.1, 0.15) is 7.05 Å². The molecule has 0 radical (unpaired) electrons. The monoisotopic (exact) mass is 135 g/mol. The Morgan fingerprint density at radius 2 is 1.90 bits per heavy atom. The van der Waals surface area contributed by atoms with E-state index in [1.807, 2.05) is 30.3 Å². The van der Waals surface area contributed by atoms with Crippen molar-refractivity contribution in [1.29, 1.82) is 0 Å². The molecule has 0 saturated carbocycles. The van der Waals surface area contributed by atoms with Crippen LogP contribution >= 0.6 is 0 Å². The van der Waals surface area contributed by atoms with Crippen molar-refractivity contribution in [2.24, 2.45) is 0 Å². The zero-order valence-electron chi connectivity index (χ0n) is 5.82. The molecular formula is C8H9NO. The van der Waals surface area contributed by atoms with Crippen molar-refractivity contribution < 1.29 is 4.74 Å². The molecule has 0 fully saturated rings. The second kappa shape index (κ2) is 3.01. The van der Waals surface area contributed by atoms with Crippen LogP contribution in [0.5, 0.6) is 0 Å². The normalized spacial score (nSPS) is 11.5. The fourth-order valence-corrected chi connectivity index (χ4v) is 0.749. The average molecular weight is 135 g/mol. The van der Waals surface area contributed by atoms with Crippen LogP contribution in [0.25, 0.3) is 0 Å². The molecule has 1 aromatic carbocycles. The molecule has 2 nitrogen and oxygen atoms in total. The molecule has 0 bridgehead atoms. The zero-order chi connectivity index (χ0) is 7.40. The zero-order valence-corrected chi connectivity index (χ0v) is 5.82. The Morgan fingerprint density at radius 1 is 1.30 bits per heavy atom. The highest BCUT2D eigenvalue weighted by Gasteiger charge is 1.86. The van der Waals surface area contributed by atoms with E-state index in [-0.39, 0.29) is 0 Å². The Labute approximate surface area is 60.0 Å². The van der Waals surface area contributed by atoms with Gasteiger partial charge >= 0.3 is 0 Å². The Balaban J connectivity index is 2.87. The van der Waals surface area contributed by atoms with E-state index in [2.05, 4.69) is 0 Å². The predicted octanol–water partition coefficient (Wildman–Crippen LogP) is 1.25. The van der Waals surface area contributed by atoms with Crippen LogP contribution in [-0.4, -0.2) is 18.0 Å². The van der Waals surface area contributed by atoms with Crippen molar-refractivity contribution in [2.75, 3.05) is 7.05 Å². The van der Waals surface area contributed by atoms with Gasteiger partial charge in [-0.25, -0.2) is 4.74 Å². The van der Waals surface area contributed by atoms with Gasteiger partial charge in [0, 0.05) is 5.56 Å². The molecule has 52 valence electrons. The molecule has 0 aromatic heterocycles. The molecule has 10 heavy (non-hydrogen) atoms. The molecule has 0 aliphatic carbocycles. The highest BCUT2D eigenvalue weighted by molar-refractivity contribution is 5.75. The van der Waals surface area contributed by atoms with E-state index in [0.29, 0.717) is 0 Å².